The number of hydrogen-bond acceptors (Lipinski definition) is 4. The number of halogens is 4. The second kappa shape index (κ2) is 8.40. The Bertz CT molecular complexity index is 1220. The lowest BCUT2D eigenvalue weighted by molar-refractivity contribution is 0.000277. The van der Waals surface area contributed by atoms with E-state index in [9.17, 15) is 13.2 Å². The lowest BCUT2D eigenvalue weighted by Gasteiger charge is -2.62. The molecule has 0 aliphatic carbocycles. The molecule has 3 saturated heterocycles. The molecule has 2 aromatic carbocycles. The summed E-state index contributed by atoms with van der Waals surface area (Å²) in [5, 5.41) is 0.159. The number of nitrogens with zero attached hydrogens (tertiary/aromatic N) is 4. The Morgan fingerprint density at radius 1 is 1.18 bits per heavy atom. The minimum absolute atomic E-state index is 0.0397. The van der Waals surface area contributed by atoms with Crippen molar-refractivity contribution in [2.24, 2.45) is 5.92 Å². The molecule has 172 valence electrons. The van der Waals surface area contributed by atoms with Crippen LogP contribution in [0.4, 0.5) is 19.0 Å². The largest absolute Gasteiger partial charge is 0.347 e. The average molecular weight is 517 g/mol. The van der Waals surface area contributed by atoms with E-state index in [1.54, 1.807) is 0 Å². The van der Waals surface area contributed by atoms with Crippen LogP contribution in [-0.4, -0.2) is 39.5 Å². The summed E-state index contributed by atoms with van der Waals surface area (Å²) in [6.07, 6.45) is 2.44. The highest BCUT2D eigenvalue weighted by molar-refractivity contribution is 9.10. The Morgan fingerprint density at radius 3 is 2.67 bits per heavy atom. The molecule has 6 rings (SSSR count). The van der Waals surface area contributed by atoms with Crippen molar-refractivity contribution in [3.05, 3.63) is 76.8 Å². The van der Waals surface area contributed by atoms with Gasteiger partial charge in [-0.2, -0.15) is 14.4 Å². The lowest BCUT2D eigenvalue weighted by atomic mass is 9.69. The van der Waals surface area contributed by atoms with E-state index < -0.39 is 23.3 Å². The molecule has 0 saturated carbocycles. The fourth-order valence-electron chi connectivity index (χ4n) is 5.63. The summed E-state index contributed by atoms with van der Waals surface area (Å²) in [6, 6.07) is 11.2. The van der Waals surface area contributed by atoms with Crippen molar-refractivity contribution in [2.45, 2.75) is 37.9 Å². The van der Waals surface area contributed by atoms with Gasteiger partial charge in [0.15, 0.2) is 5.82 Å². The number of fused-ring (bicyclic) bond motifs is 4. The van der Waals surface area contributed by atoms with Crippen LogP contribution < -0.4 is 4.90 Å². The van der Waals surface area contributed by atoms with Gasteiger partial charge >= 0.3 is 6.08 Å². The van der Waals surface area contributed by atoms with Crippen LogP contribution in [0, 0.1) is 23.6 Å². The van der Waals surface area contributed by atoms with Gasteiger partial charge in [0.2, 0.25) is 0 Å². The predicted molar refractivity (Wildman–Crippen MR) is 126 cm³/mol. The van der Waals surface area contributed by atoms with Crippen molar-refractivity contribution in [1.82, 2.24) is 14.9 Å². The van der Waals surface area contributed by atoms with Gasteiger partial charge in [0.1, 0.15) is 17.2 Å². The van der Waals surface area contributed by atoms with Crippen molar-refractivity contribution in [2.75, 3.05) is 18.0 Å². The summed E-state index contributed by atoms with van der Waals surface area (Å²) < 4.78 is 43.7. The lowest BCUT2D eigenvalue weighted by Crippen LogP contribution is -2.73. The third-order valence-electron chi connectivity index (χ3n) is 7.22. The Hall–Kier alpha value is -2.45. The fraction of sp³-hybridized carbons (Fsp3) is 0.360. The number of rotatable bonds is 5. The van der Waals surface area contributed by atoms with Crippen molar-refractivity contribution < 1.29 is 13.2 Å². The van der Waals surface area contributed by atoms with Crippen LogP contribution in [0.1, 0.15) is 25.3 Å². The summed E-state index contributed by atoms with van der Waals surface area (Å²) >= 11 is 3.24. The van der Waals surface area contributed by atoms with Gasteiger partial charge in [0, 0.05) is 31.7 Å². The third kappa shape index (κ3) is 3.64. The van der Waals surface area contributed by atoms with Gasteiger partial charge in [0.25, 0.3) is 0 Å². The van der Waals surface area contributed by atoms with E-state index in [0.717, 1.165) is 13.0 Å². The van der Waals surface area contributed by atoms with Crippen LogP contribution in [0.3, 0.4) is 0 Å². The number of aromatic nitrogens is 2. The molecule has 3 atom stereocenters. The summed E-state index contributed by atoms with van der Waals surface area (Å²) in [7, 11) is 0. The maximum absolute atomic E-state index is 14.6. The maximum Gasteiger partial charge on any atom is 0.311 e. The summed E-state index contributed by atoms with van der Waals surface area (Å²) in [5.74, 6) is -1.21. The summed E-state index contributed by atoms with van der Waals surface area (Å²) in [4.78, 5) is 12.2. The third-order valence-corrected chi connectivity index (χ3v) is 8.00. The van der Waals surface area contributed by atoms with E-state index in [1.165, 1.54) is 5.56 Å². The van der Waals surface area contributed by atoms with Crippen LogP contribution in [0.15, 0.2) is 53.5 Å². The molecule has 3 fully saturated rings. The zero-order valence-electron chi connectivity index (χ0n) is 18.2. The molecule has 1 aromatic heterocycles. The smallest absolute Gasteiger partial charge is 0.311 e. The molecule has 0 unspecified atom stereocenters. The van der Waals surface area contributed by atoms with Gasteiger partial charge in [-0.1, -0.05) is 43.3 Å². The van der Waals surface area contributed by atoms with Gasteiger partial charge < -0.3 is 4.90 Å². The fourth-order valence-corrected chi connectivity index (χ4v) is 6.11. The Labute approximate surface area is 199 Å². The molecule has 0 spiro atoms. The summed E-state index contributed by atoms with van der Waals surface area (Å²) in [6.45, 7) is 8.24. The van der Waals surface area contributed by atoms with Gasteiger partial charge in [0.05, 0.1) is 15.4 Å². The Balaban J connectivity index is 1.64. The van der Waals surface area contributed by atoms with E-state index in [1.807, 2.05) is 29.2 Å². The predicted octanol–water partition coefficient (Wildman–Crippen LogP) is 5.86. The highest BCUT2D eigenvalue weighted by Crippen LogP contribution is 2.48. The number of piperidine rings is 2. The molecule has 33 heavy (non-hydrogen) atoms. The first-order valence-electron chi connectivity index (χ1n) is 11.0. The van der Waals surface area contributed by atoms with Crippen molar-refractivity contribution in [1.29, 1.82) is 0 Å². The van der Waals surface area contributed by atoms with Crippen LogP contribution in [0.2, 0.25) is 0 Å². The molecule has 8 heteroatoms. The standard InChI is InChI=1S/C25H24BrF3N4/c1-3-9-25-14-32(12-16-7-5-4-6-8-16)17(10-15(25)2)13-33(25)23-20-21(26)18(27)11-19(28)22(20)30-24(29)31-23/h3-8,11,15,17H,1,9-10,12-14H2,2H3/t15-,17-,25+/m1/s1. The molecule has 0 radical (unpaired) electrons. The number of anilines is 1. The molecule has 4 heterocycles. The van der Waals surface area contributed by atoms with Crippen molar-refractivity contribution in [3.8, 4) is 0 Å². The van der Waals surface area contributed by atoms with E-state index in [0.29, 0.717) is 25.6 Å². The minimum atomic E-state index is -1.03. The van der Waals surface area contributed by atoms with Gasteiger partial charge in [-0.25, -0.2) is 8.78 Å². The van der Waals surface area contributed by atoms with E-state index >= 15 is 0 Å². The first-order chi connectivity index (χ1) is 15.8. The van der Waals surface area contributed by atoms with E-state index in [4.69, 9.17) is 0 Å². The van der Waals surface area contributed by atoms with E-state index in [2.05, 4.69) is 56.4 Å². The average Bonchev–Trinajstić information content (AvgIpc) is 2.79. The topological polar surface area (TPSA) is 32.3 Å². The zero-order chi connectivity index (χ0) is 23.3. The molecular formula is C25H24BrF3N4. The zero-order valence-corrected chi connectivity index (χ0v) is 19.8. The van der Waals surface area contributed by atoms with Gasteiger partial charge in [-0.3, -0.25) is 4.90 Å². The van der Waals surface area contributed by atoms with Crippen LogP contribution in [-0.2, 0) is 6.54 Å². The quantitative estimate of drug-likeness (QED) is 0.241. The van der Waals surface area contributed by atoms with E-state index in [-0.39, 0.29) is 33.2 Å². The second-order valence-corrected chi connectivity index (χ2v) is 9.88. The molecule has 3 aliphatic rings. The number of hydrogen-bond donors (Lipinski definition) is 0. The molecule has 0 N–H and O–H groups in total. The summed E-state index contributed by atoms with van der Waals surface area (Å²) in [5.41, 5.74) is 0.555. The number of benzene rings is 2. The normalized spacial score (nSPS) is 25.1. The van der Waals surface area contributed by atoms with Gasteiger partial charge in [-0.05, 0) is 40.3 Å². The van der Waals surface area contributed by atoms with Crippen LogP contribution in [0.25, 0.3) is 10.9 Å². The number of piperazine rings is 1. The molecule has 3 aliphatic heterocycles. The molecule has 4 nitrogen and oxygen atoms in total. The SMILES string of the molecule is C=CC[C@]12CN(Cc3ccccc3)[C@H](C[C@H]1C)CN2c1nc(F)nc2c(F)cc(F)c(Br)c12. The Kier molecular flexibility index (Phi) is 5.69. The van der Waals surface area contributed by atoms with Crippen molar-refractivity contribution >= 4 is 32.7 Å². The Morgan fingerprint density at radius 2 is 1.94 bits per heavy atom. The highest BCUT2D eigenvalue weighted by Gasteiger charge is 2.54. The molecule has 2 bridgehead atoms. The molecule has 3 aromatic rings. The van der Waals surface area contributed by atoms with Crippen LogP contribution >= 0.6 is 15.9 Å². The van der Waals surface area contributed by atoms with Crippen LogP contribution in [0.5, 0.6) is 0 Å². The molecular weight excluding hydrogens is 493 g/mol. The monoisotopic (exact) mass is 516 g/mol. The molecule has 0 amide bonds. The first-order valence-corrected chi connectivity index (χ1v) is 11.8. The second-order valence-electron chi connectivity index (χ2n) is 9.08. The van der Waals surface area contributed by atoms with Gasteiger partial charge in [-0.15, -0.1) is 6.58 Å². The minimum Gasteiger partial charge on any atom is -0.347 e. The highest BCUT2D eigenvalue weighted by atomic mass is 79.9. The van der Waals surface area contributed by atoms with Crippen molar-refractivity contribution in [3.63, 3.8) is 0 Å². The maximum atomic E-state index is 14.6. The first kappa shape index (κ1) is 22.3.